The Morgan fingerprint density at radius 2 is 1.97 bits per heavy atom. The molecule has 7 nitrogen and oxygen atoms in total. The van der Waals surface area contributed by atoms with Crippen LogP contribution in [0.2, 0.25) is 0 Å². The van der Waals surface area contributed by atoms with Gasteiger partial charge in [0.25, 0.3) is 5.91 Å². The lowest BCUT2D eigenvalue weighted by Gasteiger charge is -2.36. The maximum Gasteiger partial charge on any atom is 0.270 e. The third kappa shape index (κ3) is 4.67. The molecule has 1 unspecified atom stereocenters. The Bertz CT molecular complexity index is 709. The first kappa shape index (κ1) is 20.4. The smallest absolute Gasteiger partial charge is 0.270 e. The first-order valence-electron chi connectivity index (χ1n) is 11.1. The minimum atomic E-state index is 0.0735. The zero-order valence-electron chi connectivity index (χ0n) is 17.6. The largest absolute Gasteiger partial charge is 0.379 e. The van der Waals surface area contributed by atoms with Crippen LogP contribution in [-0.2, 0) is 16.6 Å². The average molecular weight is 403 g/mol. The van der Waals surface area contributed by atoms with E-state index in [0.29, 0.717) is 12.5 Å². The Balaban J connectivity index is 1.36. The van der Waals surface area contributed by atoms with Crippen LogP contribution in [0.25, 0.3) is 0 Å². The molecule has 4 rings (SSSR count). The summed E-state index contributed by atoms with van der Waals surface area (Å²) in [5.41, 5.74) is 0.717. The van der Waals surface area contributed by atoms with Gasteiger partial charge in [-0.1, -0.05) is 6.42 Å². The molecule has 0 aromatic carbocycles. The van der Waals surface area contributed by atoms with E-state index in [1.165, 1.54) is 6.42 Å². The summed E-state index contributed by atoms with van der Waals surface area (Å²) in [6, 6.07) is 3.92. The van der Waals surface area contributed by atoms with Crippen LogP contribution in [0.5, 0.6) is 0 Å². The summed E-state index contributed by atoms with van der Waals surface area (Å²) in [5, 5.41) is 0. The molecule has 3 fully saturated rings. The molecule has 0 N–H and O–H groups in total. The van der Waals surface area contributed by atoms with Gasteiger partial charge in [0.05, 0.1) is 19.3 Å². The van der Waals surface area contributed by atoms with Gasteiger partial charge in [-0.3, -0.25) is 14.5 Å². The van der Waals surface area contributed by atoms with Crippen LogP contribution in [0, 0.1) is 5.92 Å². The van der Waals surface area contributed by atoms with Crippen LogP contribution < -0.4 is 0 Å². The number of aryl methyl sites for hydroxylation is 1. The van der Waals surface area contributed by atoms with Crippen molar-refractivity contribution in [2.45, 2.75) is 38.1 Å². The van der Waals surface area contributed by atoms with E-state index in [4.69, 9.17) is 4.74 Å². The highest BCUT2D eigenvalue weighted by Gasteiger charge is 2.37. The van der Waals surface area contributed by atoms with Crippen molar-refractivity contribution in [3.63, 3.8) is 0 Å². The van der Waals surface area contributed by atoms with Gasteiger partial charge in [0, 0.05) is 58.4 Å². The standard InChI is InChI=1S/C22H34N4O3/c1-23-9-3-7-20(23)22(28)25-12-8-19(17-25)26(21(27)18-5-2-6-18)11-4-10-24-13-15-29-16-14-24/h3,7,9,18-19H,2,4-6,8,10-17H2,1H3. The molecular formula is C22H34N4O3. The summed E-state index contributed by atoms with van der Waals surface area (Å²) in [6.07, 6.45) is 6.99. The van der Waals surface area contributed by atoms with E-state index >= 15 is 0 Å². The van der Waals surface area contributed by atoms with E-state index in [2.05, 4.69) is 9.80 Å². The summed E-state index contributed by atoms with van der Waals surface area (Å²) in [4.78, 5) is 32.5. The molecule has 0 spiro atoms. The summed E-state index contributed by atoms with van der Waals surface area (Å²) >= 11 is 0. The van der Waals surface area contributed by atoms with Crippen molar-refractivity contribution >= 4 is 11.8 Å². The molecule has 7 heteroatoms. The molecule has 3 heterocycles. The zero-order valence-corrected chi connectivity index (χ0v) is 17.6. The quantitative estimate of drug-likeness (QED) is 0.695. The maximum absolute atomic E-state index is 13.1. The Morgan fingerprint density at radius 3 is 2.62 bits per heavy atom. The summed E-state index contributed by atoms with van der Waals surface area (Å²) in [7, 11) is 1.90. The number of nitrogens with zero attached hydrogens (tertiary/aromatic N) is 4. The molecule has 29 heavy (non-hydrogen) atoms. The molecule has 1 aromatic heterocycles. The van der Waals surface area contributed by atoms with Crippen LogP contribution in [0.1, 0.15) is 42.6 Å². The molecule has 1 aliphatic carbocycles. The van der Waals surface area contributed by atoms with Crippen LogP contribution in [0.3, 0.4) is 0 Å². The Labute approximate surface area is 173 Å². The number of hydrogen-bond acceptors (Lipinski definition) is 4. The molecular weight excluding hydrogens is 368 g/mol. The molecule has 2 saturated heterocycles. The summed E-state index contributed by atoms with van der Waals surface area (Å²) < 4.78 is 7.30. The van der Waals surface area contributed by atoms with Gasteiger partial charge < -0.3 is 19.1 Å². The SMILES string of the molecule is Cn1cccc1C(=O)N1CCC(N(CCCN2CCOCC2)C(=O)C2CCC2)C1. The minimum Gasteiger partial charge on any atom is -0.379 e. The van der Waals surface area contributed by atoms with Gasteiger partial charge in [0.15, 0.2) is 0 Å². The molecule has 1 atom stereocenters. The van der Waals surface area contributed by atoms with Crippen molar-refractivity contribution in [1.29, 1.82) is 0 Å². The van der Waals surface area contributed by atoms with Crippen molar-refractivity contribution in [1.82, 2.24) is 19.3 Å². The molecule has 1 aromatic rings. The van der Waals surface area contributed by atoms with E-state index in [-0.39, 0.29) is 17.9 Å². The summed E-state index contributed by atoms with van der Waals surface area (Å²) in [5.74, 6) is 0.594. The van der Waals surface area contributed by atoms with Crippen LogP contribution in [0.15, 0.2) is 18.3 Å². The van der Waals surface area contributed by atoms with Crippen LogP contribution in [-0.4, -0.2) is 89.6 Å². The third-order valence-corrected chi connectivity index (χ3v) is 6.77. The van der Waals surface area contributed by atoms with Gasteiger partial charge >= 0.3 is 0 Å². The molecule has 160 valence electrons. The summed E-state index contributed by atoms with van der Waals surface area (Å²) in [6.45, 7) is 6.78. The number of rotatable bonds is 7. The van der Waals surface area contributed by atoms with E-state index in [9.17, 15) is 9.59 Å². The molecule has 1 saturated carbocycles. The van der Waals surface area contributed by atoms with E-state index in [0.717, 1.165) is 77.3 Å². The van der Waals surface area contributed by atoms with Gasteiger partial charge in [-0.25, -0.2) is 0 Å². The van der Waals surface area contributed by atoms with Gasteiger partial charge in [0.2, 0.25) is 5.91 Å². The zero-order chi connectivity index (χ0) is 20.2. The highest BCUT2D eigenvalue weighted by atomic mass is 16.5. The van der Waals surface area contributed by atoms with Crippen LogP contribution in [0.4, 0.5) is 0 Å². The molecule has 0 radical (unpaired) electrons. The molecule has 2 aliphatic heterocycles. The number of amides is 2. The topological polar surface area (TPSA) is 58.0 Å². The number of ether oxygens (including phenoxy) is 1. The van der Waals surface area contributed by atoms with Gasteiger partial charge in [-0.05, 0) is 37.8 Å². The van der Waals surface area contributed by atoms with Crippen molar-refractivity contribution < 1.29 is 14.3 Å². The Morgan fingerprint density at radius 1 is 1.17 bits per heavy atom. The van der Waals surface area contributed by atoms with Crippen molar-refractivity contribution in [3.8, 4) is 0 Å². The second-order valence-corrected chi connectivity index (χ2v) is 8.67. The lowest BCUT2D eigenvalue weighted by atomic mass is 9.84. The number of carbonyl (C=O) groups is 2. The first-order chi connectivity index (χ1) is 14.1. The fourth-order valence-electron chi connectivity index (χ4n) is 4.68. The fourth-order valence-corrected chi connectivity index (χ4v) is 4.68. The highest BCUT2D eigenvalue weighted by Crippen LogP contribution is 2.30. The number of aromatic nitrogens is 1. The van der Waals surface area contributed by atoms with Gasteiger partial charge in [0.1, 0.15) is 5.69 Å². The number of likely N-dealkylation sites (tertiary alicyclic amines) is 1. The lowest BCUT2D eigenvalue weighted by molar-refractivity contribution is -0.140. The van der Waals surface area contributed by atoms with Gasteiger partial charge in [-0.15, -0.1) is 0 Å². The predicted molar refractivity (Wildman–Crippen MR) is 111 cm³/mol. The lowest BCUT2D eigenvalue weighted by Crippen LogP contribution is -2.48. The van der Waals surface area contributed by atoms with E-state index in [1.807, 2.05) is 34.8 Å². The number of hydrogen-bond donors (Lipinski definition) is 0. The first-order valence-corrected chi connectivity index (χ1v) is 11.1. The Hall–Kier alpha value is -1.86. The minimum absolute atomic E-state index is 0.0735. The van der Waals surface area contributed by atoms with Crippen LogP contribution >= 0.6 is 0 Å². The van der Waals surface area contributed by atoms with E-state index in [1.54, 1.807) is 0 Å². The van der Waals surface area contributed by atoms with Crippen molar-refractivity contribution in [3.05, 3.63) is 24.0 Å². The second kappa shape index (κ2) is 9.30. The normalized spacial score (nSPS) is 23.2. The highest BCUT2D eigenvalue weighted by molar-refractivity contribution is 5.93. The number of carbonyl (C=O) groups excluding carboxylic acids is 2. The molecule has 2 amide bonds. The predicted octanol–water partition coefficient (Wildman–Crippen LogP) is 1.59. The average Bonchev–Trinajstić information content (AvgIpc) is 3.33. The molecule has 3 aliphatic rings. The molecule has 0 bridgehead atoms. The van der Waals surface area contributed by atoms with Crippen molar-refractivity contribution in [2.24, 2.45) is 13.0 Å². The fraction of sp³-hybridized carbons (Fsp3) is 0.727. The second-order valence-electron chi connectivity index (χ2n) is 8.67. The third-order valence-electron chi connectivity index (χ3n) is 6.77. The Kier molecular flexibility index (Phi) is 6.55. The van der Waals surface area contributed by atoms with Crippen molar-refractivity contribution in [2.75, 3.05) is 52.5 Å². The van der Waals surface area contributed by atoms with Gasteiger partial charge in [-0.2, -0.15) is 0 Å². The number of morpholine rings is 1. The van der Waals surface area contributed by atoms with E-state index < -0.39 is 0 Å². The monoisotopic (exact) mass is 402 g/mol. The maximum atomic E-state index is 13.1.